The van der Waals surface area contributed by atoms with Crippen molar-refractivity contribution in [3.8, 4) is 0 Å². The van der Waals surface area contributed by atoms with E-state index >= 15 is 0 Å². The predicted octanol–water partition coefficient (Wildman–Crippen LogP) is 2.28. The predicted molar refractivity (Wildman–Crippen MR) is 79.2 cm³/mol. The summed E-state index contributed by atoms with van der Waals surface area (Å²) in [6, 6.07) is 5.56. The van der Waals surface area contributed by atoms with Gasteiger partial charge in [-0.2, -0.15) is 0 Å². The van der Waals surface area contributed by atoms with Gasteiger partial charge in [-0.25, -0.2) is 13.1 Å². The average Bonchev–Trinajstić information content (AvgIpc) is 3.28. The van der Waals surface area contributed by atoms with Crippen LogP contribution in [0.3, 0.4) is 0 Å². The summed E-state index contributed by atoms with van der Waals surface area (Å²) in [6.07, 6.45) is 3.30. The van der Waals surface area contributed by atoms with E-state index in [1.54, 1.807) is 18.2 Å². The molecule has 2 aliphatic rings. The first-order valence-corrected chi connectivity index (χ1v) is 8.86. The van der Waals surface area contributed by atoms with Gasteiger partial charge in [-0.1, -0.05) is 18.5 Å². The van der Waals surface area contributed by atoms with Crippen LogP contribution in [-0.2, 0) is 16.6 Å². The zero-order valence-corrected chi connectivity index (χ0v) is 13.0. The molecule has 2 N–H and O–H groups in total. The minimum atomic E-state index is -3.43. The van der Waals surface area contributed by atoms with Crippen molar-refractivity contribution >= 4 is 21.6 Å². The second kappa shape index (κ2) is 5.30. The van der Waals surface area contributed by atoms with E-state index in [0.29, 0.717) is 28.4 Å². The van der Waals surface area contributed by atoms with E-state index in [2.05, 4.69) is 10.0 Å². The molecule has 1 aromatic carbocycles. The van der Waals surface area contributed by atoms with E-state index in [-0.39, 0.29) is 6.04 Å². The van der Waals surface area contributed by atoms with Crippen molar-refractivity contribution in [1.82, 2.24) is 10.0 Å². The van der Waals surface area contributed by atoms with E-state index in [1.165, 1.54) is 12.8 Å². The Morgan fingerprint density at radius 2 is 2.05 bits per heavy atom. The molecule has 0 bridgehead atoms. The largest absolute Gasteiger partial charge is 0.310 e. The number of halogens is 1. The Kier molecular flexibility index (Phi) is 3.79. The molecule has 1 aromatic rings. The van der Waals surface area contributed by atoms with Crippen LogP contribution in [0.15, 0.2) is 23.1 Å². The van der Waals surface area contributed by atoms with Gasteiger partial charge in [0, 0.05) is 23.7 Å². The summed E-state index contributed by atoms with van der Waals surface area (Å²) in [5.41, 5.74) is 0.838. The lowest BCUT2D eigenvalue weighted by atomic mass is 10.2. The Hall–Kier alpha value is -0.620. The third-order valence-electron chi connectivity index (χ3n) is 3.90. The molecule has 2 saturated carbocycles. The molecule has 110 valence electrons. The summed E-state index contributed by atoms with van der Waals surface area (Å²) in [4.78, 5) is 0.300. The van der Waals surface area contributed by atoms with Crippen LogP contribution in [0.2, 0.25) is 5.02 Å². The molecule has 3 rings (SSSR count). The van der Waals surface area contributed by atoms with Crippen molar-refractivity contribution in [2.45, 2.75) is 49.7 Å². The molecule has 0 radical (unpaired) electrons. The van der Waals surface area contributed by atoms with Crippen molar-refractivity contribution in [2.75, 3.05) is 0 Å². The highest BCUT2D eigenvalue weighted by Crippen LogP contribution is 2.31. The van der Waals surface area contributed by atoms with Gasteiger partial charge in [0.25, 0.3) is 0 Å². The lowest BCUT2D eigenvalue weighted by Gasteiger charge is -2.10. The van der Waals surface area contributed by atoms with Crippen LogP contribution in [0.1, 0.15) is 31.7 Å². The molecule has 2 aliphatic carbocycles. The lowest BCUT2D eigenvalue weighted by Crippen LogP contribution is -2.27. The highest BCUT2D eigenvalue weighted by molar-refractivity contribution is 7.89. The highest BCUT2D eigenvalue weighted by atomic mass is 35.5. The topological polar surface area (TPSA) is 58.2 Å². The first-order valence-electron chi connectivity index (χ1n) is 7.00. The van der Waals surface area contributed by atoms with Crippen molar-refractivity contribution < 1.29 is 8.42 Å². The monoisotopic (exact) mass is 314 g/mol. The Bertz CT molecular complexity index is 614. The molecule has 0 spiro atoms. The molecular weight excluding hydrogens is 296 g/mol. The highest BCUT2D eigenvalue weighted by Gasteiger charge is 2.36. The maximum absolute atomic E-state index is 12.3. The van der Waals surface area contributed by atoms with Crippen LogP contribution >= 0.6 is 11.6 Å². The number of benzene rings is 1. The fourth-order valence-electron chi connectivity index (χ4n) is 2.15. The molecule has 6 heteroatoms. The number of hydrogen-bond donors (Lipinski definition) is 2. The molecule has 2 unspecified atom stereocenters. The van der Waals surface area contributed by atoms with Crippen LogP contribution in [0.25, 0.3) is 0 Å². The first-order chi connectivity index (χ1) is 9.45. The lowest BCUT2D eigenvalue weighted by molar-refractivity contribution is 0.578. The van der Waals surface area contributed by atoms with Crippen LogP contribution in [-0.4, -0.2) is 20.5 Å². The van der Waals surface area contributed by atoms with Gasteiger partial charge in [-0.3, -0.25) is 0 Å². The molecule has 2 fully saturated rings. The molecule has 0 saturated heterocycles. The van der Waals surface area contributed by atoms with Gasteiger partial charge in [0.05, 0.1) is 4.90 Å². The molecular formula is C14H19ClN2O2S. The summed E-state index contributed by atoms with van der Waals surface area (Å²) < 4.78 is 27.3. The quantitative estimate of drug-likeness (QED) is 0.847. The van der Waals surface area contributed by atoms with E-state index in [0.717, 1.165) is 12.0 Å². The van der Waals surface area contributed by atoms with Crippen LogP contribution < -0.4 is 10.0 Å². The Morgan fingerprint density at radius 1 is 1.35 bits per heavy atom. The number of rotatable bonds is 6. The van der Waals surface area contributed by atoms with Crippen molar-refractivity contribution in [2.24, 2.45) is 5.92 Å². The minimum absolute atomic E-state index is 0.0868. The minimum Gasteiger partial charge on any atom is -0.310 e. The third-order valence-corrected chi connectivity index (χ3v) is 5.76. The molecule has 20 heavy (non-hydrogen) atoms. The zero-order chi connectivity index (χ0) is 14.3. The van der Waals surface area contributed by atoms with E-state index in [1.807, 2.05) is 6.92 Å². The zero-order valence-electron chi connectivity index (χ0n) is 11.4. The average molecular weight is 315 g/mol. The second-order valence-electron chi connectivity index (χ2n) is 5.85. The summed E-state index contributed by atoms with van der Waals surface area (Å²) in [5, 5.41) is 3.96. The van der Waals surface area contributed by atoms with Gasteiger partial charge in [0.15, 0.2) is 0 Å². The fraction of sp³-hybridized carbons (Fsp3) is 0.571. The van der Waals surface area contributed by atoms with Gasteiger partial charge in [-0.05, 0) is 48.9 Å². The van der Waals surface area contributed by atoms with E-state index in [4.69, 9.17) is 11.6 Å². The molecule has 0 heterocycles. The van der Waals surface area contributed by atoms with Crippen molar-refractivity contribution in [3.05, 3.63) is 28.8 Å². The van der Waals surface area contributed by atoms with Gasteiger partial charge in [-0.15, -0.1) is 0 Å². The molecule has 0 aromatic heterocycles. The SMILES string of the molecule is CC1CC1NS(=O)(=O)c1ccc(Cl)c(CNC2CC2)c1. The van der Waals surface area contributed by atoms with Crippen LogP contribution in [0.5, 0.6) is 0 Å². The first kappa shape index (κ1) is 14.3. The maximum Gasteiger partial charge on any atom is 0.240 e. The normalized spacial score (nSPS) is 25.7. The molecule has 0 aliphatic heterocycles. The van der Waals surface area contributed by atoms with E-state index < -0.39 is 10.0 Å². The molecule has 4 nitrogen and oxygen atoms in total. The summed E-state index contributed by atoms with van der Waals surface area (Å²) in [7, 11) is -3.43. The number of nitrogens with one attached hydrogen (secondary N) is 2. The summed E-state index contributed by atoms with van der Waals surface area (Å²) in [6.45, 7) is 2.66. The van der Waals surface area contributed by atoms with E-state index in [9.17, 15) is 8.42 Å². The van der Waals surface area contributed by atoms with Crippen molar-refractivity contribution in [3.63, 3.8) is 0 Å². The number of sulfonamides is 1. The van der Waals surface area contributed by atoms with Gasteiger partial charge >= 0.3 is 0 Å². The van der Waals surface area contributed by atoms with Crippen LogP contribution in [0, 0.1) is 5.92 Å². The Balaban J connectivity index is 1.76. The van der Waals surface area contributed by atoms with Gasteiger partial charge < -0.3 is 5.32 Å². The molecule has 2 atom stereocenters. The summed E-state index contributed by atoms with van der Waals surface area (Å²) in [5.74, 6) is 0.438. The standard InChI is InChI=1S/C14H19ClN2O2S/c1-9-6-14(9)17-20(18,19)12-4-5-13(15)10(7-12)8-16-11-2-3-11/h4-5,7,9,11,14,16-17H,2-3,6,8H2,1H3. The van der Waals surface area contributed by atoms with Gasteiger partial charge in [0.2, 0.25) is 10.0 Å². The molecule has 0 amide bonds. The fourth-order valence-corrected chi connectivity index (χ4v) is 3.74. The van der Waals surface area contributed by atoms with Gasteiger partial charge in [0.1, 0.15) is 0 Å². The third kappa shape index (κ3) is 3.34. The Morgan fingerprint density at radius 3 is 2.65 bits per heavy atom. The summed E-state index contributed by atoms with van der Waals surface area (Å²) >= 11 is 6.14. The smallest absolute Gasteiger partial charge is 0.240 e. The van der Waals surface area contributed by atoms with Crippen LogP contribution in [0.4, 0.5) is 0 Å². The number of hydrogen-bond acceptors (Lipinski definition) is 3. The van der Waals surface area contributed by atoms with Crippen molar-refractivity contribution in [1.29, 1.82) is 0 Å². The maximum atomic E-state index is 12.3. The Labute approximate surface area is 125 Å². The second-order valence-corrected chi connectivity index (χ2v) is 7.97.